The van der Waals surface area contributed by atoms with Crippen LogP contribution in [-0.2, 0) is 18.9 Å². The van der Waals surface area contributed by atoms with Gasteiger partial charge in [-0.2, -0.15) is 0 Å². The molecule has 0 aromatic carbocycles. The van der Waals surface area contributed by atoms with Crippen molar-refractivity contribution in [2.75, 3.05) is 46.0 Å². The van der Waals surface area contributed by atoms with Crippen LogP contribution in [-0.4, -0.2) is 85.9 Å². The van der Waals surface area contributed by atoms with Crippen LogP contribution in [0.25, 0.3) is 0 Å². The van der Waals surface area contributed by atoms with Gasteiger partial charge in [-0.3, -0.25) is 4.90 Å². The minimum atomic E-state index is -0.431. The Kier molecular flexibility index (Phi) is 7.36. The molecule has 156 valence electrons. The van der Waals surface area contributed by atoms with Crippen LogP contribution < -0.4 is 0 Å². The van der Waals surface area contributed by atoms with Crippen molar-refractivity contribution in [2.24, 2.45) is 0 Å². The molecule has 1 atom stereocenters. The highest BCUT2D eigenvalue weighted by Crippen LogP contribution is 2.29. The molecule has 0 aromatic heterocycles. The first-order valence-electron chi connectivity index (χ1n) is 10.5. The largest absolute Gasteiger partial charge is 0.444 e. The Hall–Kier alpha value is -0.890. The van der Waals surface area contributed by atoms with Crippen molar-refractivity contribution in [1.82, 2.24) is 9.80 Å². The zero-order chi connectivity index (χ0) is 19.3. The highest BCUT2D eigenvalue weighted by atomic mass is 16.7. The van der Waals surface area contributed by atoms with E-state index >= 15 is 0 Å². The lowest BCUT2D eigenvalue weighted by Gasteiger charge is -2.46. The zero-order valence-corrected chi connectivity index (χ0v) is 17.2. The molecule has 7 heteroatoms. The van der Waals surface area contributed by atoms with Crippen LogP contribution in [0.3, 0.4) is 0 Å². The maximum atomic E-state index is 12.1. The zero-order valence-electron chi connectivity index (χ0n) is 17.2. The Bertz CT molecular complexity index is 461. The maximum absolute atomic E-state index is 12.1. The topological polar surface area (TPSA) is 60.5 Å². The maximum Gasteiger partial charge on any atom is 0.410 e. The fourth-order valence-corrected chi connectivity index (χ4v) is 3.81. The van der Waals surface area contributed by atoms with E-state index in [1.54, 1.807) is 0 Å². The van der Waals surface area contributed by atoms with Gasteiger partial charge < -0.3 is 23.8 Å². The molecular weight excluding hydrogens is 348 g/mol. The second-order valence-electron chi connectivity index (χ2n) is 8.79. The third kappa shape index (κ3) is 6.59. The molecule has 3 aliphatic rings. The van der Waals surface area contributed by atoms with Gasteiger partial charge in [-0.15, -0.1) is 0 Å². The van der Waals surface area contributed by atoms with Crippen molar-refractivity contribution in [1.29, 1.82) is 0 Å². The Morgan fingerprint density at radius 3 is 2.37 bits per heavy atom. The average Bonchev–Trinajstić information content (AvgIpc) is 2.60. The summed E-state index contributed by atoms with van der Waals surface area (Å²) < 4.78 is 22.6. The molecule has 3 fully saturated rings. The van der Waals surface area contributed by atoms with Crippen molar-refractivity contribution >= 4 is 6.09 Å². The van der Waals surface area contributed by atoms with Gasteiger partial charge in [-0.1, -0.05) is 0 Å². The number of carbonyl (C=O) groups is 1. The van der Waals surface area contributed by atoms with Crippen molar-refractivity contribution in [3.05, 3.63) is 0 Å². The number of carbonyl (C=O) groups excluding carboxylic acids is 1. The van der Waals surface area contributed by atoms with Crippen molar-refractivity contribution < 1.29 is 23.7 Å². The summed E-state index contributed by atoms with van der Waals surface area (Å²) in [6, 6.07) is 0.582. The molecule has 3 rings (SSSR count). The van der Waals surface area contributed by atoms with Crippen molar-refractivity contribution in [3.8, 4) is 0 Å². The van der Waals surface area contributed by atoms with Gasteiger partial charge in [-0.05, 0) is 52.9 Å². The van der Waals surface area contributed by atoms with E-state index in [1.165, 1.54) is 6.42 Å². The van der Waals surface area contributed by atoms with Gasteiger partial charge >= 0.3 is 6.09 Å². The van der Waals surface area contributed by atoms with Crippen LogP contribution in [0.4, 0.5) is 4.79 Å². The van der Waals surface area contributed by atoms with E-state index in [2.05, 4.69) is 4.90 Å². The lowest BCUT2D eigenvalue weighted by molar-refractivity contribution is -0.175. The summed E-state index contributed by atoms with van der Waals surface area (Å²) in [5.41, 5.74) is -0.431. The molecule has 2 heterocycles. The minimum Gasteiger partial charge on any atom is -0.444 e. The monoisotopic (exact) mass is 384 g/mol. The Labute approximate surface area is 163 Å². The molecule has 1 amide bonds. The standard InChI is InChI=1S/C20H36N2O5/c1-20(2,3)27-19(23)22-9-7-21(8-10-22)16-14-17(15-16)24-12-13-26-18-6-4-5-11-25-18/h16-18H,4-15H2,1-3H3/t16-,17-,18?. The van der Waals surface area contributed by atoms with E-state index in [-0.39, 0.29) is 12.4 Å². The van der Waals surface area contributed by atoms with Gasteiger partial charge in [-0.25, -0.2) is 4.79 Å². The number of ether oxygens (including phenoxy) is 4. The number of hydrogen-bond acceptors (Lipinski definition) is 6. The predicted molar refractivity (Wildman–Crippen MR) is 102 cm³/mol. The lowest BCUT2D eigenvalue weighted by Crippen LogP contribution is -2.57. The van der Waals surface area contributed by atoms with Gasteiger partial charge in [0.2, 0.25) is 0 Å². The summed E-state index contributed by atoms with van der Waals surface area (Å²) in [7, 11) is 0. The van der Waals surface area contributed by atoms with Crippen molar-refractivity contribution in [3.63, 3.8) is 0 Å². The summed E-state index contributed by atoms with van der Waals surface area (Å²) in [5.74, 6) is 0. The molecule has 27 heavy (non-hydrogen) atoms. The van der Waals surface area contributed by atoms with E-state index in [4.69, 9.17) is 18.9 Å². The van der Waals surface area contributed by atoms with Crippen molar-refractivity contribution in [2.45, 2.75) is 76.9 Å². The van der Waals surface area contributed by atoms with Gasteiger partial charge in [0.25, 0.3) is 0 Å². The van der Waals surface area contributed by atoms with E-state index in [9.17, 15) is 4.79 Å². The molecule has 0 spiro atoms. The summed E-state index contributed by atoms with van der Waals surface area (Å²) in [5, 5.41) is 0. The summed E-state index contributed by atoms with van der Waals surface area (Å²) >= 11 is 0. The molecule has 0 N–H and O–H groups in total. The number of nitrogens with zero attached hydrogens (tertiary/aromatic N) is 2. The van der Waals surface area contributed by atoms with E-state index in [0.717, 1.165) is 58.5 Å². The highest BCUT2D eigenvalue weighted by Gasteiger charge is 2.36. The molecular formula is C20H36N2O5. The third-order valence-electron chi connectivity index (χ3n) is 5.43. The fourth-order valence-electron chi connectivity index (χ4n) is 3.81. The summed E-state index contributed by atoms with van der Waals surface area (Å²) in [6.07, 6.45) is 5.61. The van der Waals surface area contributed by atoms with Crippen LogP contribution in [0.5, 0.6) is 0 Å². The smallest absolute Gasteiger partial charge is 0.410 e. The summed E-state index contributed by atoms with van der Waals surface area (Å²) in [6.45, 7) is 11.1. The molecule has 0 bridgehead atoms. The molecule has 2 aliphatic heterocycles. The predicted octanol–water partition coefficient (Wildman–Crippen LogP) is 2.63. The first-order valence-corrected chi connectivity index (χ1v) is 10.5. The van der Waals surface area contributed by atoms with E-state index < -0.39 is 5.60 Å². The average molecular weight is 385 g/mol. The number of rotatable bonds is 6. The third-order valence-corrected chi connectivity index (χ3v) is 5.43. The quantitative estimate of drug-likeness (QED) is 0.656. The second kappa shape index (κ2) is 9.54. The molecule has 0 aromatic rings. The van der Waals surface area contributed by atoms with Crippen LogP contribution in [0.2, 0.25) is 0 Å². The molecule has 0 radical (unpaired) electrons. The number of amides is 1. The Morgan fingerprint density at radius 2 is 1.74 bits per heavy atom. The van der Waals surface area contributed by atoms with Gasteiger partial charge in [0, 0.05) is 38.8 Å². The number of piperazine rings is 1. The first-order chi connectivity index (χ1) is 12.9. The molecule has 7 nitrogen and oxygen atoms in total. The van der Waals surface area contributed by atoms with Crippen LogP contribution >= 0.6 is 0 Å². The fraction of sp³-hybridized carbons (Fsp3) is 0.950. The highest BCUT2D eigenvalue weighted by molar-refractivity contribution is 5.68. The van der Waals surface area contributed by atoms with Crippen LogP contribution in [0, 0.1) is 0 Å². The van der Waals surface area contributed by atoms with Crippen LogP contribution in [0.1, 0.15) is 52.9 Å². The number of hydrogen-bond donors (Lipinski definition) is 0. The molecule has 2 saturated heterocycles. The minimum absolute atomic E-state index is 0.0299. The van der Waals surface area contributed by atoms with E-state index in [0.29, 0.717) is 25.4 Å². The molecule has 1 saturated carbocycles. The van der Waals surface area contributed by atoms with Gasteiger partial charge in [0.1, 0.15) is 5.60 Å². The summed E-state index contributed by atoms with van der Waals surface area (Å²) in [4.78, 5) is 16.4. The second-order valence-corrected chi connectivity index (χ2v) is 8.79. The van der Waals surface area contributed by atoms with Gasteiger partial charge in [0.15, 0.2) is 6.29 Å². The van der Waals surface area contributed by atoms with E-state index in [1.807, 2.05) is 25.7 Å². The molecule has 1 unspecified atom stereocenters. The normalized spacial score (nSPS) is 30.0. The SMILES string of the molecule is CC(C)(C)OC(=O)N1CCN([C@H]2C[C@H](OCCOC3CCCCO3)C2)CC1. The van der Waals surface area contributed by atoms with Gasteiger partial charge in [0.05, 0.1) is 19.3 Å². The Morgan fingerprint density at radius 1 is 1.04 bits per heavy atom. The first kappa shape index (κ1) is 20.8. The lowest BCUT2D eigenvalue weighted by atomic mass is 9.87. The molecule has 1 aliphatic carbocycles. The van der Waals surface area contributed by atoms with Crippen LogP contribution in [0.15, 0.2) is 0 Å². The Balaban J connectivity index is 1.24.